The van der Waals surface area contributed by atoms with Gasteiger partial charge in [-0.2, -0.15) is 0 Å². The highest BCUT2D eigenvalue weighted by Gasteiger charge is 2.11. The van der Waals surface area contributed by atoms with Crippen LogP contribution in [0.4, 0.5) is 11.4 Å². The van der Waals surface area contributed by atoms with E-state index < -0.39 is 0 Å². The lowest BCUT2D eigenvalue weighted by atomic mass is 10.1. The molecule has 0 heterocycles. The van der Waals surface area contributed by atoms with Crippen molar-refractivity contribution in [2.75, 3.05) is 24.4 Å². The Morgan fingerprint density at radius 1 is 0.960 bits per heavy atom. The quantitative estimate of drug-likeness (QED) is 0.804. The molecule has 0 saturated heterocycles. The van der Waals surface area contributed by atoms with Gasteiger partial charge in [-0.25, -0.2) is 0 Å². The molecule has 2 amide bonds. The molecule has 0 radical (unpaired) electrons. The van der Waals surface area contributed by atoms with Gasteiger partial charge >= 0.3 is 0 Å². The highest BCUT2D eigenvalue weighted by molar-refractivity contribution is 6.05. The minimum absolute atomic E-state index is 0.0836. The fourth-order valence-corrected chi connectivity index (χ4v) is 2.21. The lowest BCUT2D eigenvalue weighted by Gasteiger charge is -2.12. The average molecular weight is 342 g/mol. The molecule has 0 unspecified atom stereocenters. The first kappa shape index (κ1) is 18.3. The van der Waals surface area contributed by atoms with Crippen LogP contribution in [0.5, 0.6) is 11.5 Å². The van der Waals surface area contributed by atoms with E-state index in [9.17, 15) is 9.59 Å². The van der Waals surface area contributed by atoms with Gasteiger partial charge in [0.2, 0.25) is 5.91 Å². The van der Waals surface area contributed by atoms with Crippen LogP contribution < -0.4 is 20.1 Å². The normalized spacial score (nSPS) is 10.0. The van der Waals surface area contributed by atoms with Gasteiger partial charge in [-0.3, -0.25) is 9.59 Å². The molecule has 0 atom stereocenters. The summed E-state index contributed by atoms with van der Waals surface area (Å²) in [6.45, 7) is 4.17. The van der Waals surface area contributed by atoms with Crippen LogP contribution in [-0.2, 0) is 4.79 Å². The Hall–Kier alpha value is -3.02. The molecule has 2 aromatic rings. The van der Waals surface area contributed by atoms with E-state index in [1.807, 2.05) is 6.92 Å². The smallest absolute Gasteiger partial charge is 0.255 e. The number of hydrogen-bond donors (Lipinski definition) is 2. The number of nitrogens with one attached hydrogen (secondary N) is 2. The van der Waals surface area contributed by atoms with E-state index in [4.69, 9.17) is 9.47 Å². The minimum Gasteiger partial charge on any atom is -0.493 e. The van der Waals surface area contributed by atoms with Gasteiger partial charge in [-0.05, 0) is 43.3 Å². The van der Waals surface area contributed by atoms with Crippen LogP contribution in [0.1, 0.15) is 30.6 Å². The average Bonchev–Trinajstić information content (AvgIpc) is 2.62. The fraction of sp³-hybridized carbons (Fsp3) is 0.263. The largest absolute Gasteiger partial charge is 0.493 e. The summed E-state index contributed by atoms with van der Waals surface area (Å²) in [4.78, 5) is 23.9. The minimum atomic E-state index is -0.277. The number of ether oxygens (including phenoxy) is 2. The molecule has 2 aromatic carbocycles. The van der Waals surface area contributed by atoms with Gasteiger partial charge in [0.05, 0.1) is 13.7 Å². The third kappa shape index (κ3) is 4.97. The van der Waals surface area contributed by atoms with E-state index >= 15 is 0 Å². The fourth-order valence-electron chi connectivity index (χ4n) is 2.21. The second kappa shape index (κ2) is 8.73. The first-order valence-electron chi connectivity index (χ1n) is 8.09. The van der Waals surface area contributed by atoms with Crippen LogP contribution in [0.15, 0.2) is 42.5 Å². The highest BCUT2D eigenvalue weighted by atomic mass is 16.5. The van der Waals surface area contributed by atoms with Gasteiger partial charge in [0.15, 0.2) is 11.5 Å². The monoisotopic (exact) mass is 342 g/mol. The number of hydrogen-bond acceptors (Lipinski definition) is 4. The molecule has 0 aliphatic rings. The van der Waals surface area contributed by atoms with E-state index in [2.05, 4.69) is 10.6 Å². The number of methoxy groups -OCH3 is 1. The van der Waals surface area contributed by atoms with Gasteiger partial charge in [0.25, 0.3) is 5.91 Å². The van der Waals surface area contributed by atoms with E-state index in [1.165, 1.54) is 7.11 Å². The van der Waals surface area contributed by atoms with E-state index in [1.54, 1.807) is 49.4 Å². The van der Waals surface area contributed by atoms with Crippen molar-refractivity contribution in [3.8, 4) is 11.5 Å². The molecular weight excluding hydrogens is 320 g/mol. The van der Waals surface area contributed by atoms with E-state index in [0.717, 1.165) is 0 Å². The molecule has 25 heavy (non-hydrogen) atoms. The second-order valence-corrected chi connectivity index (χ2v) is 5.24. The Kier molecular flexibility index (Phi) is 6.39. The lowest BCUT2D eigenvalue weighted by molar-refractivity contribution is -0.115. The van der Waals surface area contributed by atoms with E-state index in [0.29, 0.717) is 41.5 Å². The summed E-state index contributed by atoms with van der Waals surface area (Å²) in [5, 5.41) is 5.56. The maximum atomic E-state index is 12.4. The first-order chi connectivity index (χ1) is 12.1. The predicted molar refractivity (Wildman–Crippen MR) is 97.5 cm³/mol. The summed E-state index contributed by atoms with van der Waals surface area (Å²) < 4.78 is 10.7. The molecule has 6 nitrogen and oxygen atoms in total. The van der Waals surface area contributed by atoms with Crippen molar-refractivity contribution < 1.29 is 19.1 Å². The summed E-state index contributed by atoms with van der Waals surface area (Å²) in [6.07, 6.45) is 0.391. The molecule has 6 heteroatoms. The SMILES string of the molecule is CCOc1ccc(C(=O)Nc2cccc(NC(=O)CC)c2)cc1OC. The Bertz CT molecular complexity index is 759. The van der Waals surface area contributed by atoms with E-state index in [-0.39, 0.29) is 11.8 Å². The second-order valence-electron chi connectivity index (χ2n) is 5.24. The van der Waals surface area contributed by atoms with Crippen LogP contribution in [0.2, 0.25) is 0 Å². The molecule has 0 aliphatic heterocycles. The molecule has 132 valence electrons. The number of amides is 2. The van der Waals surface area contributed by atoms with Gasteiger partial charge in [-0.15, -0.1) is 0 Å². The Morgan fingerprint density at radius 2 is 1.68 bits per heavy atom. The maximum Gasteiger partial charge on any atom is 0.255 e. The summed E-state index contributed by atoms with van der Waals surface area (Å²) in [6, 6.07) is 12.0. The van der Waals surface area contributed by atoms with Crippen molar-refractivity contribution in [3.63, 3.8) is 0 Å². The number of carbonyl (C=O) groups is 2. The molecule has 0 bridgehead atoms. The predicted octanol–water partition coefficient (Wildman–Crippen LogP) is 3.69. The molecule has 0 saturated carbocycles. The standard InChI is InChI=1S/C19H22N2O4/c1-4-18(22)20-14-7-6-8-15(12-14)21-19(23)13-9-10-16(25-5-2)17(11-13)24-3/h6-12H,4-5H2,1-3H3,(H,20,22)(H,21,23). The Morgan fingerprint density at radius 3 is 2.32 bits per heavy atom. The van der Waals surface area contributed by atoms with Gasteiger partial charge < -0.3 is 20.1 Å². The van der Waals surface area contributed by atoms with Gasteiger partial charge in [0, 0.05) is 23.4 Å². The summed E-state index contributed by atoms with van der Waals surface area (Å²) in [5.74, 6) is 0.726. The lowest BCUT2D eigenvalue weighted by Crippen LogP contribution is -2.13. The number of carbonyl (C=O) groups excluding carboxylic acids is 2. The summed E-state index contributed by atoms with van der Waals surface area (Å²) >= 11 is 0. The molecular formula is C19H22N2O4. The third-order valence-corrected chi connectivity index (χ3v) is 3.45. The molecule has 2 N–H and O–H groups in total. The van der Waals surface area contributed by atoms with Crippen molar-refractivity contribution >= 4 is 23.2 Å². The zero-order valence-corrected chi connectivity index (χ0v) is 14.6. The molecule has 0 aliphatic carbocycles. The van der Waals surface area contributed by atoms with Gasteiger partial charge in [-0.1, -0.05) is 13.0 Å². The van der Waals surface area contributed by atoms with Crippen molar-refractivity contribution in [2.45, 2.75) is 20.3 Å². The maximum absolute atomic E-state index is 12.4. The van der Waals surface area contributed by atoms with Crippen LogP contribution in [0, 0.1) is 0 Å². The number of anilines is 2. The van der Waals surface area contributed by atoms with Crippen molar-refractivity contribution in [1.82, 2.24) is 0 Å². The zero-order chi connectivity index (χ0) is 18.2. The zero-order valence-electron chi connectivity index (χ0n) is 14.6. The Labute approximate surface area is 147 Å². The number of rotatable bonds is 7. The van der Waals surface area contributed by atoms with Crippen molar-refractivity contribution in [3.05, 3.63) is 48.0 Å². The summed E-state index contributed by atoms with van der Waals surface area (Å²) in [7, 11) is 1.53. The molecule has 2 rings (SSSR count). The van der Waals surface area contributed by atoms with Crippen molar-refractivity contribution in [2.24, 2.45) is 0 Å². The van der Waals surface area contributed by atoms with Gasteiger partial charge in [0.1, 0.15) is 0 Å². The topological polar surface area (TPSA) is 76.7 Å². The van der Waals surface area contributed by atoms with Crippen LogP contribution in [-0.4, -0.2) is 25.5 Å². The van der Waals surface area contributed by atoms with Crippen LogP contribution in [0.3, 0.4) is 0 Å². The molecule has 0 fully saturated rings. The van der Waals surface area contributed by atoms with Crippen LogP contribution in [0.25, 0.3) is 0 Å². The highest BCUT2D eigenvalue weighted by Crippen LogP contribution is 2.28. The summed E-state index contributed by atoms with van der Waals surface area (Å²) in [5.41, 5.74) is 1.67. The third-order valence-electron chi connectivity index (χ3n) is 3.45. The number of benzene rings is 2. The Balaban J connectivity index is 2.14. The van der Waals surface area contributed by atoms with Crippen LogP contribution >= 0.6 is 0 Å². The molecule has 0 aromatic heterocycles. The van der Waals surface area contributed by atoms with Crippen molar-refractivity contribution in [1.29, 1.82) is 0 Å². The first-order valence-corrected chi connectivity index (χ1v) is 8.09. The molecule has 0 spiro atoms.